The van der Waals surface area contributed by atoms with Crippen molar-refractivity contribution >= 4 is 28.4 Å². The van der Waals surface area contributed by atoms with Crippen molar-refractivity contribution in [1.29, 1.82) is 0 Å². The summed E-state index contributed by atoms with van der Waals surface area (Å²) in [7, 11) is 0. The predicted octanol–water partition coefficient (Wildman–Crippen LogP) is 5.46. The Bertz CT molecular complexity index is 1310. The summed E-state index contributed by atoms with van der Waals surface area (Å²) < 4.78 is 8.15. The number of ether oxygens (including phenoxy) is 1. The molecule has 0 fully saturated rings. The molecule has 0 radical (unpaired) electrons. The van der Waals surface area contributed by atoms with Gasteiger partial charge in [-0.05, 0) is 55.2 Å². The fourth-order valence-corrected chi connectivity index (χ4v) is 5.03. The number of aromatic nitrogens is 1. The van der Waals surface area contributed by atoms with Crippen molar-refractivity contribution in [3.05, 3.63) is 71.1 Å². The van der Waals surface area contributed by atoms with Crippen LogP contribution >= 0.6 is 0 Å². The predicted molar refractivity (Wildman–Crippen MR) is 134 cm³/mol. The van der Waals surface area contributed by atoms with Crippen molar-refractivity contribution in [3.63, 3.8) is 0 Å². The molecule has 0 saturated heterocycles. The number of imide groups is 1. The molecule has 0 bridgehead atoms. The van der Waals surface area contributed by atoms with Gasteiger partial charge in [0, 0.05) is 41.9 Å². The van der Waals surface area contributed by atoms with Gasteiger partial charge < -0.3 is 14.6 Å². The fraction of sp³-hybridized carbons (Fsp3) is 0.357. The molecule has 176 valence electrons. The first-order valence-electron chi connectivity index (χ1n) is 11.9. The molecule has 1 unspecified atom stereocenters. The van der Waals surface area contributed by atoms with E-state index in [-0.39, 0.29) is 30.3 Å². The zero-order valence-corrected chi connectivity index (χ0v) is 20.4. The lowest BCUT2D eigenvalue weighted by Crippen LogP contribution is -2.33. The number of carbonyl (C=O) groups is 2. The SMILES string of the molecule is CC(=O)N1CC2=C(C1=O)C(c1ccc(OCC(C)C)cc1)c1cn(C(C)C)c3cccc(c13)N2. The zero-order valence-electron chi connectivity index (χ0n) is 20.4. The van der Waals surface area contributed by atoms with Crippen LogP contribution in [0.3, 0.4) is 0 Å². The van der Waals surface area contributed by atoms with Crippen LogP contribution in [0.1, 0.15) is 57.7 Å². The van der Waals surface area contributed by atoms with Gasteiger partial charge in [-0.25, -0.2) is 0 Å². The Morgan fingerprint density at radius 3 is 2.50 bits per heavy atom. The first-order chi connectivity index (χ1) is 16.3. The lowest BCUT2D eigenvalue weighted by atomic mass is 9.84. The van der Waals surface area contributed by atoms with Gasteiger partial charge in [0.25, 0.3) is 5.91 Å². The molecule has 1 N–H and O–H groups in total. The molecule has 34 heavy (non-hydrogen) atoms. The second-order valence-electron chi connectivity index (χ2n) is 9.92. The third-order valence-corrected chi connectivity index (χ3v) is 6.62. The summed E-state index contributed by atoms with van der Waals surface area (Å²) in [5, 5.41) is 4.65. The van der Waals surface area contributed by atoms with E-state index in [0.717, 1.165) is 39.2 Å². The molecule has 1 aromatic heterocycles. The van der Waals surface area contributed by atoms with E-state index < -0.39 is 0 Å². The molecule has 3 heterocycles. The Morgan fingerprint density at radius 1 is 1.12 bits per heavy atom. The normalized spacial score (nSPS) is 17.4. The largest absolute Gasteiger partial charge is 0.493 e. The molecular weight excluding hydrogens is 426 g/mol. The monoisotopic (exact) mass is 457 g/mol. The standard InChI is InChI=1S/C28H31N3O3/c1-16(2)15-34-20-11-9-19(10-12-20)25-21-13-30(17(3)4)24-8-6-7-22(26(21)24)29-23-14-31(18(5)32)28(33)27(23)25/h6-13,16-17,25,29H,14-15H2,1-5H3. The Balaban J connectivity index is 1.69. The Kier molecular flexibility index (Phi) is 5.47. The second kappa shape index (κ2) is 8.35. The number of nitrogens with one attached hydrogen (secondary N) is 1. The van der Waals surface area contributed by atoms with Crippen molar-refractivity contribution in [2.75, 3.05) is 18.5 Å². The van der Waals surface area contributed by atoms with Crippen molar-refractivity contribution in [2.24, 2.45) is 5.92 Å². The van der Waals surface area contributed by atoms with E-state index in [4.69, 9.17) is 4.74 Å². The van der Waals surface area contributed by atoms with Crippen LogP contribution in [0.2, 0.25) is 0 Å². The van der Waals surface area contributed by atoms with E-state index in [1.165, 1.54) is 11.8 Å². The maximum absolute atomic E-state index is 13.5. The van der Waals surface area contributed by atoms with Crippen LogP contribution in [0.25, 0.3) is 10.9 Å². The Morgan fingerprint density at radius 2 is 1.85 bits per heavy atom. The third-order valence-electron chi connectivity index (χ3n) is 6.62. The highest BCUT2D eigenvalue weighted by Gasteiger charge is 2.41. The number of benzene rings is 2. The average Bonchev–Trinajstić information content (AvgIpc) is 3.29. The maximum Gasteiger partial charge on any atom is 0.259 e. The van der Waals surface area contributed by atoms with Crippen LogP contribution in [0.4, 0.5) is 5.69 Å². The third kappa shape index (κ3) is 3.58. The molecule has 1 atom stereocenters. The zero-order chi connectivity index (χ0) is 24.1. The van der Waals surface area contributed by atoms with Gasteiger partial charge in [0.05, 0.1) is 24.2 Å². The first-order valence-corrected chi connectivity index (χ1v) is 11.9. The van der Waals surface area contributed by atoms with Crippen molar-refractivity contribution in [3.8, 4) is 5.75 Å². The maximum atomic E-state index is 13.5. The summed E-state index contributed by atoms with van der Waals surface area (Å²) >= 11 is 0. The minimum atomic E-state index is -0.287. The van der Waals surface area contributed by atoms with E-state index >= 15 is 0 Å². The van der Waals surface area contributed by atoms with E-state index in [1.54, 1.807) is 0 Å². The number of hydrogen-bond acceptors (Lipinski definition) is 4. The molecule has 6 nitrogen and oxygen atoms in total. The van der Waals surface area contributed by atoms with Crippen molar-refractivity contribution in [1.82, 2.24) is 9.47 Å². The topological polar surface area (TPSA) is 63.6 Å². The van der Waals surface area contributed by atoms with E-state index in [0.29, 0.717) is 18.1 Å². The molecule has 0 spiro atoms. The van der Waals surface area contributed by atoms with Gasteiger partial charge in [0.1, 0.15) is 5.75 Å². The minimum absolute atomic E-state index is 0.224. The smallest absolute Gasteiger partial charge is 0.259 e. The Hall–Kier alpha value is -3.54. The second-order valence-corrected chi connectivity index (χ2v) is 9.92. The first kappa shape index (κ1) is 22.3. The van der Waals surface area contributed by atoms with E-state index in [2.05, 4.69) is 49.8 Å². The van der Waals surface area contributed by atoms with Gasteiger partial charge >= 0.3 is 0 Å². The number of rotatable bonds is 5. The van der Waals surface area contributed by atoms with Gasteiger partial charge in [0.15, 0.2) is 0 Å². The quantitative estimate of drug-likeness (QED) is 0.553. The Labute approximate surface area is 200 Å². The highest BCUT2D eigenvalue weighted by atomic mass is 16.5. The minimum Gasteiger partial charge on any atom is -0.493 e. The van der Waals surface area contributed by atoms with Gasteiger partial charge in [-0.2, -0.15) is 0 Å². The summed E-state index contributed by atoms with van der Waals surface area (Å²) in [6, 6.07) is 14.5. The van der Waals surface area contributed by atoms with Gasteiger partial charge in [0.2, 0.25) is 5.91 Å². The van der Waals surface area contributed by atoms with Crippen LogP contribution in [0, 0.1) is 5.92 Å². The van der Waals surface area contributed by atoms with Gasteiger partial charge in [-0.1, -0.05) is 32.0 Å². The van der Waals surface area contributed by atoms with Crippen LogP contribution in [0.5, 0.6) is 5.75 Å². The number of hydrogen-bond donors (Lipinski definition) is 1. The molecule has 0 saturated carbocycles. The molecule has 2 aliphatic heterocycles. The van der Waals surface area contributed by atoms with Crippen LogP contribution in [-0.2, 0) is 9.59 Å². The van der Waals surface area contributed by atoms with Crippen LogP contribution in [0.15, 0.2) is 59.9 Å². The molecule has 2 amide bonds. The summed E-state index contributed by atoms with van der Waals surface area (Å²) in [5.74, 6) is 0.499. The molecule has 5 rings (SSSR count). The lowest BCUT2D eigenvalue weighted by Gasteiger charge is -2.20. The summed E-state index contributed by atoms with van der Waals surface area (Å²) in [6.07, 6.45) is 2.17. The molecule has 2 aromatic carbocycles. The van der Waals surface area contributed by atoms with Gasteiger partial charge in [-0.3, -0.25) is 14.5 Å². The number of amides is 2. The lowest BCUT2D eigenvalue weighted by molar-refractivity contribution is -0.139. The van der Waals surface area contributed by atoms with Crippen molar-refractivity contribution in [2.45, 2.75) is 46.6 Å². The van der Waals surface area contributed by atoms with Crippen molar-refractivity contribution < 1.29 is 14.3 Å². The average molecular weight is 458 g/mol. The van der Waals surface area contributed by atoms with Crippen LogP contribution < -0.4 is 10.1 Å². The highest BCUT2D eigenvalue weighted by molar-refractivity contribution is 6.11. The summed E-state index contributed by atoms with van der Waals surface area (Å²) in [5.41, 5.74) is 5.62. The van der Waals surface area contributed by atoms with E-state index in [1.807, 2.05) is 36.4 Å². The molecule has 6 heteroatoms. The molecule has 2 aliphatic rings. The fourth-order valence-electron chi connectivity index (χ4n) is 5.03. The summed E-state index contributed by atoms with van der Waals surface area (Å²) in [6.45, 7) is 10.9. The molecular formula is C28H31N3O3. The number of anilines is 1. The summed E-state index contributed by atoms with van der Waals surface area (Å²) in [4.78, 5) is 27.1. The number of carbonyl (C=O) groups excluding carboxylic acids is 2. The number of nitrogens with zero attached hydrogens (tertiary/aromatic N) is 2. The molecule has 3 aromatic rings. The van der Waals surface area contributed by atoms with E-state index in [9.17, 15) is 9.59 Å². The van der Waals surface area contributed by atoms with Gasteiger partial charge in [-0.15, -0.1) is 0 Å². The van der Waals surface area contributed by atoms with Crippen LogP contribution in [-0.4, -0.2) is 34.4 Å². The molecule has 0 aliphatic carbocycles. The highest BCUT2D eigenvalue weighted by Crippen LogP contribution is 2.47.